The molecule has 0 rings (SSSR count). The van der Waals surface area contributed by atoms with E-state index in [9.17, 15) is 26.3 Å². The van der Waals surface area contributed by atoms with Crippen LogP contribution in [0, 0.1) is 0 Å². The summed E-state index contributed by atoms with van der Waals surface area (Å²) in [5, 5.41) is 0. The van der Waals surface area contributed by atoms with Crippen molar-refractivity contribution < 1.29 is 26.3 Å². The van der Waals surface area contributed by atoms with E-state index in [1.807, 2.05) is 0 Å². The van der Waals surface area contributed by atoms with E-state index in [4.69, 9.17) is 0 Å². The monoisotopic (exact) mass is 205 g/mol. The fraction of sp³-hybridized carbons (Fsp3) is 0.333. The maximum atomic E-state index is 11.8. The zero-order chi connectivity index (χ0) is 10.9. The summed E-state index contributed by atoms with van der Waals surface area (Å²) in [5.74, 6) is 0. The zero-order valence-corrected chi connectivity index (χ0v) is 6.21. The molecule has 0 saturated carbocycles. The van der Waals surface area contributed by atoms with Crippen molar-refractivity contribution in [3.05, 3.63) is 24.9 Å². The summed E-state index contributed by atoms with van der Waals surface area (Å²) in [6.45, 7) is 5.34. The quantitative estimate of drug-likeness (QED) is 0.380. The highest BCUT2D eigenvalue weighted by Gasteiger charge is 2.53. The van der Waals surface area contributed by atoms with Crippen LogP contribution >= 0.6 is 0 Å². The van der Waals surface area contributed by atoms with Gasteiger partial charge in [0.25, 0.3) is 0 Å². The van der Waals surface area contributed by atoms with Crippen molar-refractivity contribution in [3.63, 3.8) is 0 Å². The number of allylic oxidation sites excluding steroid dienone is 1. The Hall–Kier alpha value is -1.14. The molecule has 0 atom stereocenters. The van der Waals surface area contributed by atoms with Crippen LogP contribution in [-0.2, 0) is 0 Å². The van der Waals surface area contributed by atoms with Crippen LogP contribution in [-0.4, -0.2) is 17.5 Å². The molecule has 0 spiro atoms. The van der Waals surface area contributed by atoms with E-state index >= 15 is 0 Å². The van der Waals surface area contributed by atoms with Gasteiger partial charge in [0.15, 0.2) is 0 Å². The Morgan fingerprint density at radius 1 is 1.00 bits per heavy atom. The molecule has 13 heavy (non-hydrogen) atoms. The molecule has 0 N–H and O–H groups in total. The number of alkyl halides is 6. The summed E-state index contributed by atoms with van der Waals surface area (Å²) >= 11 is 0. The Kier molecular flexibility index (Phi) is 3.02. The lowest BCUT2D eigenvalue weighted by molar-refractivity contribution is -0.357. The minimum absolute atomic E-state index is 0.376. The van der Waals surface area contributed by atoms with Crippen LogP contribution in [0.5, 0.6) is 0 Å². The van der Waals surface area contributed by atoms with Crippen molar-refractivity contribution in [2.75, 3.05) is 0 Å². The smallest absolute Gasteiger partial charge is 0.194 e. The highest BCUT2D eigenvalue weighted by atomic mass is 19.4. The first-order chi connectivity index (χ1) is 5.60. The van der Waals surface area contributed by atoms with E-state index < -0.39 is 23.2 Å². The summed E-state index contributed by atoms with van der Waals surface area (Å²) < 4.78 is 70.5. The second kappa shape index (κ2) is 3.31. The van der Waals surface area contributed by atoms with Crippen LogP contribution in [0.25, 0.3) is 0 Å². The van der Waals surface area contributed by atoms with Crippen molar-refractivity contribution in [2.24, 2.45) is 0 Å². The largest absolute Gasteiger partial charge is 0.491 e. The van der Waals surface area contributed by atoms with Crippen LogP contribution in [0.2, 0.25) is 0 Å². The molecule has 0 aliphatic carbocycles. The molecular weight excluding hydrogens is 200 g/mol. The molecule has 0 aromatic carbocycles. The molecule has 76 valence electrons. The fourth-order valence-corrected chi connectivity index (χ4v) is 0.561. The molecule has 0 aliphatic rings. The van der Waals surface area contributed by atoms with Crippen LogP contribution < -0.4 is 0 Å². The fourth-order valence-electron chi connectivity index (χ4n) is 0.561. The van der Waals surface area contributed by atoms with Gasteiger partial charge >= 0.3 is 12.6 Å². The predicted octanol–water partition coefficient (Wildman–Crippen LogP) is 3.03. The summed E-state index contributed by atoms with van der Waals surface area (Å²) in [7, 11) is 0. The summed E-state index contributed by atoms with van der Waals surface area (Å²) in [6.07, 6.45) is -10.7. The molecule has 0 aliphatic heterocycles. The lowest BCUT2D eigenvalue weighted by Crippen LogP contribution is -2.46. The number of halogens is 6. The van der Waals surface area contributed by atoms with E-state index in [-0.39, 0.29) is 0 Å². The minimum atomic E-state index is -5.54. The van der Waals surface area contributed by atoms with Crippen molar-refractivity contribution >= 4 is 0 Å². The van der Waals surface area contributed by atoms with Gasteiger partial charge in [-0.25, -0.2) is 0 Å². The lowest BCUT2D eigenvalue weighted by Gasteiger charge is -2.28. The van der Waals surface area contributed by atoms with Gasteiger partial charge in [-0.1, -0.05) is 13.2 Å². The van der Waals surface area contributed by atoms with Gasteiger partial charge in [0, 0.05) is 5.70 Å². The van der Waals surface area contributed by atoms with Crippen molar-refractivity contribution in [1.29, 1.82) is 0 Å². The molecule has 0 unspecified atom stereocenters. The summed E-state index contributed by atoms with van der Waals surface area (Å²) in [6, 6.07) is 0. The molecule has 0 fully saturated rings. The molecule has 7 heteroatoms. The Morgan fingerprint density at radius 2 is 1.31 bits per heavy atom. The van der Waals surface area contributed by atoms with Crippen molar-refractivity contribution in [3.8, 4) is 0 Å². The maximum Gasteiger partial charge on any atom is 0.491 e. The van der Waals surface area contributed by atoms with Crippen molar-refractivity contribution in [2.45, 2.75) is 12.6 Å². The Balaban J connectivity index is 5.00. The molecule has 0 bridgehead atoms. The van der Waals surface area contributed by atoms with Crippen molar-refractivity contribution in [1.82, 2.24) is 4.90 Å². The summed E-state index contributed by atoms with van der Waals surface area (Å²) in [4.78, 5) is -1.72. The van der Waals surface area contributed by atoms with Crippen LogP contribution in [0.15, 0.2) is 24.9 Å². The van der Waals surface area contributed by atoms with Gasteiger partial charge in [0.05, 0.1) is 0 Å². The van der Waals surface area contributed by atoms with Gasteiger partial charge in [-0.15, -0.1) is 26.3 Å². The number of nitrogens with zero attached hydrogens (tertiary/aromatic N) is 1. The number of hydrogen-bond donors (Lipinski definition) is 0. The SMILES string of the molecule is C=CC(=C)N(C(F)(F)F)C(F)(F)F. The van der Waals surface area contributed by atoms with Gasteiger partial charge in [-0.3, -0.25) is 0 Å². The van der Waals surface area contributed by atoms with Gasteiger partial charge in [-0.2, -0.15) is 4.90 Å². The third kappa shape index (κ3) is 3.00. The molecule has 0 aromatic rings. The van der Waals surface area contributed by atoms with E-state index in [0.717, 1.165) is 0 Å². The average molecular weight is 205 g/mol. The summed E-state index contributed by atoms with van der Waals surface area (Å²) in [5.41, 5.74) is -1.26. The third-order valence-electron chi connectivity index (χ3n) is 1.03. The first-order valence-electron chi connectivity index (χ1n) is 2.86. The topological polar surface area (TPSA) is 3.24 Å². The Morgan fingerprint density at radius 3 is 1.38 bits per heavy atom. The number of rotatable bonds is 2. The van der Waals surface area contributed by atoms with E-state index in [1.165, 1.54) is 0 Å². The van der Waals surface area contributed by atoms with E-state index in [1.54, 1.807) is 0 Å². The van der Waals surface area contributed by atoms with Gasteiger partial charge in [0.1, 0.15) is 0 Å². The molecule has 0 heterocycles. The maximum absolute atomic E-state index is 11.8. The number of hydrogen-bond acceptors (Lipinski definition) is 1. The zero-order valence-electron chi connectivity index (χ0n) is 6.21. The second-order valence-corrected chi connectivity index (χ2v) is 1.97. The molecular formula is C6H5F6N. The lowest BCUT2D eigenvalue weighted by atomic mass is 10.4. The highest BCUT2D eigenvalue weighted by molar-refractivity contribution is 5.11. The van der Waals surface area contributed by atoms with Gasteiger partial charge < -0.3 is 0 Å². The minimum Gasteiger partial charge on any atom is -0.194 e. The van der Waals surface area contributed by atoms with Crippen LogP contribution in [0.4, 0.5) is 26.3 Å². The van der Waals surface area contributed by atoms with Gasteiger partial charge in [-0.05, 0) is 6.08 Å². The molecule has 0 radical (unpaired) electrons. The average Bonchev–Trinajstić information content (AvgIpc) is 1.80. The second-order valence-electron chi connectivity index (χ2n) is 1.97. The molecule has 0 aromatic heterocycles. The molecule has 0 amide bonds. The Bertz CT molecular complexity index is 198. The van der Waals surface area contributed by atoms with Crippen LogP contribution in [0.3, 0.4) is 0 Å². The van der Waals surface area contributed by atoms with E-state index in [2.05, 4.69) is 13.2 Å². The normalized spacial score (nSPS) is 12.5. The first-order valence-corrected chi connectivity index (χ1v) is 2.86. The van der Waals surface area contributed by atoms with E-state index in [0.29, 0.717) is 6.08 Å². The third-order valence-corrected chi connectivity index (χ3v) is 1.03. The highest BCUT2D eigenvalue weighted by Crippen LogP contribution is 2.36. The van der Waals surface area contributed by atoms with Gasteiger partial charge in [0.2, 0.25) is 0 Å². The molecule has 1 nitrogen and oxygen atoms in total. The molecule has 0 saturated heterocycles. The Labute approximate surface area is 69.9 Å². The standard InChI is InChI=1S/C6H5F6N/c1-3-4(2)13(5(7,8)9)6(10,11)12/h3H,1-2H2. The predicted molar refractivity (Wildman–Crippen MR) is 33.3 cm³/mol. The van der Waals surface area contributed by atoms with Crippen LogP contribution in [0.1, 0.15) is 0 Å². The first kappa shape index (κ1) is 11.9.